The van der Waals surface area contributed by atoms with Gasteiger partial charge in [-0.2, -0.15) is 0 Å². The number of carbonyl (C=O) groups is 2. The highest BCUT2D eigenvalue weighted by molar-refractivity contribution is 5.76. The molecule has 1 aliphatic heterocycles. The third-order valence-corrected chi connectivity index (χ3v) is 4.79. The predicted molar refractivity (Wildman–Crippen MR) is 105 cm³/mol. The van der Waals surface area contributed by atoms with Crippen LogP contribution in [-0.4, -0.2) is 49.2 Å². The summed E-state index contributed by atoms with van der Waals surface area (Å²) in [5, 5.41) is 2.89. The molecule has 1 aliphatic rings. The number of likely N-dealkylation sites (tertiary alicyclic amines) is 1. The second-order valence-electron chi connectivity index (χ2n) is 7.01. The molecule has 0 aromatic heterocycles. The summed E-state index contributed by atoms with van der Waals surface area (Å²) in [4.78, 5) is 25.9. The molecule has 2 amide bonds. The average Bonchev–Trinajstić information content (AvgIpc) is 2.67. The molecule has 1 aromatic carbocycles. The summed E-state index contributed by atoms with van der Waals surface area (Å²) in [6.45, 7) is 6.43. The van der Waals surface area contributed by atoms with E-state index in [4.69, 9.17) is 9.47 Å². The Morgan fingerprint density at radius 2 is 1.89 bits per heavy atom. The van der Waals surface area contributed by atoms with Crippen LogP contribution in [0.1, 0.15) is 51.0 Å². The number of amides is 2. The number of nitrogens with one attached hydrogen (secondary N) is 1. The van der Waals surface area contributed by atoms with E-state index in [2.05, 4.69) is 12.2 Å². The van der Waals surface area contributed by atoms with Crippen LogP contribution in [0.5, 0.6) is 5.75 Å². The molecule has 0 aliphatic carbocycles. The molecule has 1 N–H and O–H groups in total. The maximum atomic E-state index is 12.3. The summed E-state index contributed by atoms with van der Waals surface area (Å²) >= 11 is 0. The minimum atomic E-state index is -0.346. The van der Waals surface area contributed by atoms with Gasteiger partial charge in [-0.15, -0.1) is 0 Å². The van der Waals surface area contributed by atoms with E-state index in [-0.39, 0.29) is 18.0 Å². The maximum absolute atomic E-state index is 12.3. The first kappa shape index (κ1) is 21.1. The fourth-order valence-corrected chi connectivity index (χ4v) is 3.07. The van der Waals surface area contributed by atoms with E-state index in [1.807, 2.05) is 36.1 Å². The van der Waals surface area contributed by atoms with Crippen LogP contribution in [-0.2, 0) is 9.53 Å². The number of unbranched alkanes of at least 4 members (excludes halogenated alkanes) is 1. The van der Waals surface area contributed by atoms with Crippen molar-refractivity contribution in [1.29, 1.82) is 0 Å². The van der Waals surface area contributed by atoms with Crippen LogP contribution < -0.4 is 10.1 Å². The van der Waals surface area contributed by atoms with Crippen molar-refractivity contribution in [3.63, 3.8) is 0 Å². The van der Waals surface area contributed by atoms with Crippen molar-refractivity contribution in [2.75, 3.05) is 26.3 Å². The number of nitrogens with zero attached hydrogens (tertiary/aromatic N) is 1. The zero-order valence-electron chi connectivity index (χ0n) is 16.5. The molecule has 6 nitrogen and oxygen atoms in total. The van der Waals surface area contributed by atoms with E-state index in [0.29, 0.717) is 39.1 Å². The number of ether oxygens (including phenoxy) is 2. The van der Waals surface area contributed by atoms with Crippen molar-refractivity contribution in [2.24, 2.45) is 0 Å². The molecule has 27 heavy (non-hydrogen) atoms. The molecule has 0 radical (unpaired) electrons. The Morgan fingerprint density at radius 1 is 1.15 bits per heavy atom. The summed E-state index contributed by atoms with van der Waals surface area (Å²) in [7, 11) is 0. The second kappa shape index (κ2) is 11.5. The predicted octanol–water partition coefficient (Wildman–Crippen LogP) is 3.67. The number of benzene rings is 1. The van der Waals surface area contributed by atoms with Crippen LogP contribution in [0, 0.1) is 6.92 Å². The van der Waals surface area contributed by atoms with Crippen molar-refractivity contribution in [3.8, 4) is 5.75 Å². The summed E-state index contributed by atoms with van der Waals surface area (Å²) in [6.07, 6.45) is 4.28. The van der Waals surface area contributed by atoms with Gasteiger partial charge in [-0.1, -0.05) is 31.5 Å². The van der Waals surface area contributed by atoms with Crippen LogP contribution >= 0.6 is 0 Å². The summed E-state index contributed by atoms with van der Waals surface area (Å²) in [6, 6.07) is 7.98. The van der Waals surface area contributed by atoms with Crippen LogP contribution in [0.15, 0.2) is 24.3 Å². The van der Waals surface area contributed by atoms with Crippen LogP contribution in [0.25, 0.3) is 0 Å². The van der Waals surface area contributed by atoms with Gasteiger partial charge in [0, 0.05) is 25.6 Å². The number of hydrogen-bond acceptors (Lipinski definition) is 4. The average molecular weight is 376 g/mol. The highest BCUT2D eigenvalue weighted by Crippen LogP contribution is 2.17. The number of alkyl carbamates (subject to hydrolysis) is 1. The minimum absolute atomic E-state index is 0.0903. The molecule has 0 saturated carbocycles. The van der Waals surface area contributed by atoms with Gasteiger partial charge in [0.1, 0.15) is 5.75 Å². The van der Waals surface area contributed by atoms with Crippen molar-refractivity contribution in [1.82, 2.24) is 10.2 Å². The lowest BCUT2D eigenvalue weighted by Crippen LogP contribution is -2.46. The number of aryl methyl sites for hydroxylation is 1. The van der Waals surface area contributed by atoms with Crippen molar-refractivity contribution in [3.05, 3.63) is 29.8 Å². The Morgan fingerprint density at radius 3 is 2.59 bits per heavy atom. The smallest absolute Gasteiger partial charge is 0.407 e. The molecule has 1 aromatic rings. The Labute approximate surface area is 162 Å². The van der Waals surface area contributed by atoms with Gasteiger partial charge in [0.2, 0.25) is 5.91 Å². The SMILES string of the molecule is CCCCOC(=O)NC1CCN(C(=O)CCCOc2ccccc2C)CC1. The summed E-state index contributed by atoms with van der Waals surface area (Å²) < 4.78 is 10.9. The second-order valence-corrected chi connectivity index (χ2v) is 7.01. The fraction of sp³-hybridized carbons (Fsp3) is 0.619. The molecule has 2 rings (SSSR count). The number of para-hydroxylation sites is 1. The number of piperidine rings is 1. The third-order valence-electron chi connectivity index (χ3n) is 4.79. The molecule has 1 heterocycles. The molecule has 0 atom stereocenters. The Kier molecular flexibility index (Phi) is 8.95. The lowest BCUT2D eigenvalue weighted by molar-refractivity contribution is -0.132. The van der Waals surface area contributed by atoms with Gasteiger partial charge >= 0.3 is 6.09 Å². The van der Waals surface area contributed by atoms with Crippen LogP contribution in [0.4, 0.5) is 4.79 Å². The van der Waals surface area contributed by atoms with Gasteiger partial charge in [-0.25, -0.2) is 4.79 Å². The molecule has 0 spiro atoms. The normalized spacial score (nSPS) is 14.7. The van der Waals surface area contributed by atoms with Crippen LogP contribution in [0.2, 0.25) is 0 Å². The molecular weight excluding hydrogens is 344 g/mol. The molecular formula is C21H32N2O4. The van der Waals surface area contributed by atoms with Gasteiger partial charge < -0.3 is 19.7 Å². The van der Waals surface area contributed by atoms with E-state index in [0.717, 1.165) is 37.0 Å². The van der Waals surface area contributed by atoms with Crippen molar-refractivity contribution >= 4 is 12.0 Å². The molecule has 1 saturated heterocycles. The van der Waals surface area contributed by atoms with Gasteiger partial charge in [0.15, 0.2) is 0 Å². The first-order valence-electron chi connectivity index (χ1n) is 9.99. The quantitative estimate of drug-likeness (QED) is 0.668. The Hall–Kier alpha value is -2.24. The topological polar surface area (TPSA) is 67.9 Å². The first-order valence-corrected chi connectivity index (χ1v) is 9.99. The van der Waals surface area contributed by atoms with Gasteiger partial charge in [0.25, 0.3) is 0 Å². The monoisotopic (exact) mass is 376 g/mol. The molecule has 0 bridgehead atoms. The zero-order valence-corrected chi connectivity index (χ0v) is 16.5. The number of carbonyl (C=O) groups excluding carboxylic acids is 2. The number of hydrogen-bond donors (Lipinski definition) is 1. The summed E-state index contributed by atoms with van der Waals surface area (Å²) in [5.74, 6) is 1.04. The molecule has 6 heteroatoms. The van der Waals surface area contributed by atoms with E-state index in [1.165, 1.54) is 0 Å². The number of rotatable bonds is 9. The van der Waals surface area contributed by atoms with Gasteiger partial charge in [0.05, 0.1) is 13.2 Å². The largest absolute Gasteiger partial charge is 0.493 e. The van der Waals surface area contributed by atoms with E-state index >= 15 is 0 Å². The lowest BCUT2D eigenvalue weighted by Gasteiger charge is -2.32. The van der Waals surface area contributed by atoms with E-state index in [1.54, 1.807) is 0 Å². The third kappa shape index (κ3) is 7.49. The van der Waals surface area contributed by atoms with Crippen LogP contribution in [0.3, 0.4) is 0 Å². The Bertz CT molecular complexity index is 598. The maximum Gasteiger partial charge on any atom is 0.407 e. The highest BCUT2D eigenvalue weighted by atomic mass is 16.5. The fourth-order valence-electron chi connectivity index (χ4n) is 3.07. The van der Waals surface area contributed by atoms with Gasteiger partial charge in [-0.05, 0) is 44.2 Å². The first-order chi connectivity index (χ1) is 13.1. The summed E-state index contributed by atoms with van der Waals surface area (Å²) in [5.41, 5.74) is 1.10. The highest BCUT2D eigenvalue weighted by Gasteiger charge is 2.23. The molecule has 0 unspecified atom stereocenters. The molecule has 1 fully saturated rings. The molecule has 150 valence electrons. The lowest BCUT2D eigenvalue weighted by atomic mass is 10.0. The van der Waals surface area contributed by atoms with Crippen molar-refractivity contribution in [2.45, 2.75) is 58.4 Å². The minimum Gasteiger partial charge on any atom is -0.493 e. The zero-order chi connectivity index (χ0) is 19.5. The standard InChI is InChI=1S/C21H32N2O4/c1-3-4-15-27-21(25)22-18-11-13-23(14-12-18)20(24)10-7-16-26-19-9-6-5-8-17(19)2/h5-6,8-9,18H,3-4,7,10-16H2,1-2H3,(H,22,25). The van der Waals surface area contributed by atoms with E-state index < -0.39 is 0 Å². The van der Waals surface area contributed by atoms with Gasteiger partial charge in [-0.3, -0.25) is 4.79 Å². The Balaban J connectivity index is 1.59. The van der Waals surface area contributed by atoms with E-state index in [9.17, 15) is 9.59 Å². The van der Waals surface area contributed by atoms with Crippen molar-refractivity contribution < 1.29 is 19.1 Å².